The van der Waals surface area contributed by atoms with Crippen LogP contribution < -0.4 is 5.32 Å². The van der Waals surface area contributed by atoms with Crippen molar-refractivity contribution in [3.8, 4) is 0 Å². The van der Waals surface area contributed by atoms with E-state index in [9.17, 15) is 9.59 Å². The highest BCUT2D eigenvalue weighted by Crippen LogP contribution is 2.19. The number of ether oxygens (including phenoxy) is 1. The molecule has 2 aromatic rings. The van der Waals surface area contributed by atoms with E-state index in [0.717, 1.165) is 17.4 Å². The first-order valence-corrected chi connectivity index (χ1v) is 7.76. The number of nitrogens with zero attached hydrogens (tertiary/aromatic N) is 2. The first-order chi connectivity index (χ1) is 10.8. The minimum atomic E-state index is -0.531. The Kier molecular flexibility index (Phi) is 5.03. The average molecular weight is 317 g/mol. The fourth-order valence-corrected chi connectivity index (χ4v) is 2.23. The summed E-state index contributed by atoms with van der Waals surface area (Å²) in [7, 11) is 0. The first-order valence-electron chi connectivity index (χ1n) is 7.76. The molecule has 1 aromatic carbocycles. The molecule has 0 aliphatic rings. The van der Waals surface area contributed by atoms with E-state index in [1.54, 1.807) is 27.0 Å². The van der Waals surface area contributed by atoms with Gasteiger partial charge in [-0.25, -0.2) is 0 Å². The number of nitrogens with one attached hydrogen (secondary N) is 1. The van der Waals surface area contributed by atoms with Gasteiger partial charge in [0, 0.05) is 24.0 Å². The molecule has 1 aromatic heterocycles. The highest BCUT2D eigenvalue weighted by Gasteiger charge is 2.17. The Bertz CT molecular complexity index is 713. The van der Waals surface area contributed by atoms with E-state index < -0.39 is 5.60 Å². The zero-order valence-corrected chi connectivity index (χ0v) is 14.0. The molecule has 0 aliphatic carbocycles. The molecule has 0 spiro atoms. The van der Waals surface area contributed by atoms with Crippen LogP contribution in [0.1, 0.15) is 40.5 Å². The van der Waals surface area contributed by atoms with Gasteiger partial charge in [0.1, 0.15) is 5.60 Å². The number of aromatic nitrogens is 2. The molecule has 6 heteroatoms. The highest BCUT2D eigenvalue weighted by molar-refractivity contribution is 5.94. The molecule has 0 saturated heterocycles. The van der Waals surface area contributed by atoms with Crippen LogP contribution in [0.25, 0.3) is 10.9 Å². The number of hydrogen-bond acceptors (Lipinski definition) is 4. The number of carbonyl (C=O) groups excluding carboxylic acids is 2. The molecule has 0 radical (unpaired) electrons. The van der Waals surface area contributed by atoms with Crippen LogP contribution in [0, 0.1) is 0 Å². The molecule has 1 heterocycles. The van der Waals surface area contributed by atoms with Crippen LogP contribution in [-0.4, -0.2) is 27.3 Å². The van der Waals surface area contributed by atoms with Crippen molar-refractivity contribution in [1.29, 1.82) is 0 Å². The molecule has 23 heavy (non-hydrogen) atoms. The molecule has 0 unspecified atom stereocenters. The number of anilines is 1. The Balaban J connectivity index is 1.94. The van der Waals surface area contributed by atoms with E-state index in [4.69, 9.17) is 4.74 Å². The van der Waals surface area contributed by atoms with Crippen molar-refractivity contribution in [3.05, 3.63) is 24.4 Å². The summed E-state index contributed by atoms with van der Waals surface area (Å²) in [6, 6.07) is 5.63. The van der Waals surface area contributed by atoms with E-state index in [1.165, 1.54) is 0 Å². The summed E-state index contributed by atoms with van der Waals surface area (Å²) in [4.78, 5) is 23.6. The second-order valence-corrected chi connectivity index (χ2v) is 6.37. The first kappa shape index (κ1) is 17.0. The van der Waals surface area contributed by atoms with Crippen molar-refractivity contribution in [3.63, 3.8) is 0 Å². The predicted molar refractivity (Wildman–Crippen MR) is 89.1 cm³/mol. The Morgan fingerprint density at radius 2 is 2.00 bits per heavy atom. The third-order valence-electron chi connectivity index (χ3n) is 3.20. The molecular weight excluding hydrogens is 294 g/mol. The van der Waals surface area contributed by atoms with Crippen molar-refractivity contribution >= 4 is 28.5 Å². The van der Waals surface area contributed by atoms with Crippen molar-refractivity contribution in [2.24, 2.45) is 0 Å². The van der Waals surface area contributed by atoms with Gasteiger partial charge in [-0.05, 0) is 45.9 Å². The summed E-state index contributed by atoms with van der Waals surface area (Å²) in [5, 5.41) is 8.10. The largest absolute Gasteiger partial charge is 0.460 e. The monoisotopic (exact) mass is 317 g/mol. The summed E-state index contributed by atoms with van der Waals surface area (Å²) in [6.07, 6.45) is 1.96. The zero-order valence-electron chi connectivity index (χ0n) is 14.0. The van der Waals surface area contributed by atoms with Gasteiger partial charge >= 0.3 is 5.97 Å². The highest BCUT2D eigenvalue weighted by atomic mass is 16.6. The lowest BCUT2D eigenvalue weighted by Gasteiger charge is -2.19. The Morgan fingerprint density at radius 3 is 2.65 bits per heavy atom. The van der Waals surface area contributed by atoms with Crippen LogP contribution in [0.5, 0.6) is 0 Å². The van der Waals surface area contributed by atoms with Gasteiger partial charge in [-0.1, -0.05) is 0 Å². The molecule has 0 aliphatic heterocycles. The SMILES string of the molecule is CCn1ncc2ccc(NC(=O)CCC(=O)OC(C)(C)C)cc21. The molecule has 0 fully saturated rings. The minimum Gasteiger partial charge on any atom is -0.460 e. The summed E-state index contributed by atoms with van der Waals surface area (Å²) in [5.74, 6) is -0.579. The normalized spacial score (nSPS) is 11.5. The summed E-state index contributed by atoms with van der Waals surface area (Å²) < 4.78 is 7.05. The lowest BCUT2D eigenvalue weighted by atomic mass is 10.2. The van der Waals surface area contributed by atoms with E-state index in [2.05, 4.69) is 10.4 Å². The fourth-order valence-electron chi connectivity index (χ4n) is 2.23. The second-order valence-electron chi connectivity index (χ2n) is 6.37. The molecule has 0 saturated carbocycles. The number of carbonyl (C=O) groups is 2. The molecule has 0 bridgehead atoms. The van der Waals surface area contributed by atoms with Crippen LogP contribution >= 0.6 is 0 Å². The summed E-state index contributed by atoms with van der Waals surface area (Å²) in [6.45, 7) is 8.18. The predicted octanol–water partition coefficient (Wildman–Crippen LogP) is 3.12. The van der Waals surface area contributed by atoms with Crippen LogP contribution in [0.4, 0.5) is 5.69 Å². The van der Waals surface area contributed by atoms with Crippen molar-refractivity contribution in [2.45, 2.75) is 52.7 Å². The topological polar surface area (TPSA) is 73.2 Å². The van der Waals surface area contributed by atoms with Gasteiger partial charge in [0.05, 0.1) is 18.1 Å². The maximum atomic E-state index is 12.0. The number of aryl methyl sites for hydroxylation is 1. The standard InChI is InChI=1S/C17H23N3O3/c1-5-20-14-10-13(7-6-12(14)11-18-20)19-15(21)8-9-16(22)23-17(2,3)4/h6-7,10-11H,5,8-9H2,1-4H3,(H,19,21). The minimum absolute atomic E-state index is 0.0677. The Hall–Kier alpha value is -2.37. The van der Waals surface area contributed by atoms with Crippen LogP contribution in [0.2, 0.25) is 0 Å². The third kappa shape index (κ3) is 4.81. The van der Waals surface area contributed by atoms with Crippen molar-refractivity contribution in [2.75, 3.05) is 5.32 Å². The number of rotatable bonds is 5. The fraction of sp³-hybridized carbons (Fsp3) is 0.471. The van der Waals surface area contributed by atoms with E-state index in [0.29, 0.717) is 5.69 Å². The Morgan fingerprint density at radius 1 is 1.26 bits per heavy atom. The molecule has 1 N–H and O–H groups in total. The summed E-state index contributed by atoms with van der Waals surface area (Å²) >= 11 is 0. The lowest BCUT2D eigenvalue weighted by Crippen LogP contribution is -2.24. The molecule has 124 valence electrons. The van der Waals surface area contributed by atoms with Crippen molar-refractivity contribution in [1.82, 2.24) is 9.78 Å². The zero-order chi connectivity index (χ0) is 17.0. The maximum absolute atomic E-state index is 12.0. The average Bonchev–Trinajstić information content (AvgIpc) is 2.85. The van der Waals surface area contributed by atoms with Gasteiger partial charge < -0.3 is 10.1 Å². The molecular formula is C17H23N3O3. The number of esters is 1. The Labute approximate surface area is 135 Å². The molecule has 1 amide bonds. The van der Waals surface area contributed by atoms with Crippen LogP contribution in [0.3, 0.4) is 0 Å². The van der Waals surface area contributed by atoms with Gasteiger partial charge in [0.15, 0.2) is 0 Å². The number of benzene rings is 1. The van der Waals surface area contributed by atoms with Gasteiger partial charge in [0.2, 0.25) is 5.91 Å². The van der Waals surface area contributed by atoms with Gasteiger partial charge in [0.25, 0.3) is 0 Å². The van der Waals surface area contributed by atoms with Gasteiger partial charge in [-0.15, -0.1) is 0 Å². The van der Waals surface area contributed by atoms with Gasteiger partial charge in [-0.3, -0.25) is 14.3 Å². The van der Waals surface area contributed by atoms with Crippen LogP contribution in [-0.2, 0) is 20.9 Å². The van der Waals surface area contributed by atoms with E-state index in [1.807, 2.05) is 29.8 Å². The third-order valence-corrected chi connectivity index (χ3v) is 3.20. The number of amides is 1. The smallest absolute Gasteiger partial charge is 0.306 e. The summed E-state index contributed by atoms with van der Waals surface area (Å²) in [5.41, 5.74) is 1.14. The second kappa shape index (κ2) is 6.81. The quantitative estimate of drug-likeness (QED) is 0.860. The van der Waals surface area contributed by atoms with E-state index in [-0.39, 0.29) is 24.7 Å². The van der Waals surface area contributed by atoms with E-state index >= 15 is 0 Å². The molecule has 2 rings (SSSR count). The van der Waals surface area contributed by atoms with Gasteiger partial charge in [-0.2, -0.15) is 5.10 Å². The van der Waals surface area contributed by atoms with Crippen molar-refractivity contribution < 1.29 is 14.3 Å². The molecule has 6 nitrogen and oxygen atoms in total. The lowest BCUT2D eigenvalue weighted by molar-refractivity contribution is -0.155. The van der Waals surface area contributed by atoms with Crippen LogP contribution in [0.15, 0.2) is 24.4 Å². The maximum Gasteiger partial charge on any atom is 0.306 e. The number of fused-ring (bicyclic) bond motifs is 1. The molecule has 0 atom stereocenters. The number of hydrogen-bond donors (Lipinski definition) is 1.